The van der Waals surface area contributed by atoms with Crippen LogP contribution in [0.3, 0.4) is 0 Å². The van der Waals surface area contributed by atoms with E-state index in [4.69, 9.17) is 0 Å². The average molecular weight is 418 g/mol. The van der Waals surface area contributed by atoms with Gasteiger partial charge in [-0.05, 0) is 36.4 Å². The van der Waals surface area contributed by atoms with Gasteiger partial charge in [0.05, 0.1) is 21.7 Å². The third-order valence-corrected chi connectivity index (χ3v) is 7.59. The molecule has 1 aromatic heterocycles. The maximum absolute atomic E-state index is 12.7. The number of fused-ring (bicyclic) bond motifs is 1. The van der Waals surface area contributed by atoms with Crippen LogP contribution < -0.4 is 0 Å². The first-order chi connectivity index (χ1) is 13.4. The van der Waals surface area contributed by atoms with E-state index in [1.54, 1.807) is 49.3 Å². The summed E-state index contributed by atoms with van der Waals surface area (Å²) in [7, 11) is -1.81. The van der Waals surface area contributed by atoms with Crippen LogP contribution in [0.1, 0.15) is 29.2 Å². The molecule has 1 amide bonds. The Kier molecular flexibility index (Phi) is 6.12. The lowest BCUT2D eigenvalue weighted by Gasteiger charge is -2.19. The molecule has 0 bridgehead atoms. The van der Waals surface area contributed by atoms with E-state index in [1.165, 1.54) is 16.4 Å². The van der Waals surface area contributed by atoms with Gasteiger partial charge in [0.1, 0.15) is 5.01 Å². The van der Waals surface area contributed by atoms with Crippen LogP contribution in [0.15, 0.2) is 53.4 Å². The molecule has 28 heavy (non-hydrogen) atoms. The molecule has 3 aromatic rings. The predicted molar refractivity (Wildman–Crippen MR) is 112 cm³/mol. The van der Waals surface area contributed by atoms with Gasteiger partial charge in [-0.2, -0.15) is 4.31 Å². The number of thiazole rings is 1. The molecule has 0 atom stereocenters. The Morgan fingerprint density at radius 3 is 2.29 bits per heavy atom. The average Bonchev–Trinajstić information content (AvgIpc) is 3.10. The predicted octanol–water partition coefficient (Wildman–Crippen LogP) is 3.60. The number of para-hydroxylation sites is 1. The number of rotatable bonds is 7. The molecule has 6 nitrogen and oxygen atoms in total. The van der Waals surface area contributed by atoms with E-state index in [-0.39, 0.29) is 10.8 Å². The Labute approximate surface area is 169 Å². The molecular formula is C20H23N3O3S2. The fourth-order valence-corrected chi connectivity index (χ4v) is 5.44. The van der Waals surface area contributed by atoms with Crippen LogP contribution in [0.4, 0.5) is 0 Å². The van der Waals surface area contributed by atoms with E-state index in [9.17, 15) is 13.2 Å². The van der Waals surface area contributed by atoms with E-state index < -0.39 is 10.0 Å². The van der Waals surface area contributed by atoms with Crippen molar-refractivity contribution in [2.75, 3.05) is 20.1 Å². The smallest absolute Gasteiger partial charge is 0.253 e. The number of amides is 1. The molecule has 0 saturated carbocycles. The molecule has 0 radical (unpaired) electrons. The minimum Gasteiger partial charge on any atom is -0.335 e. The van der Waals surface area contributed by atoms with Crippen LogP contribution in [0.5, 0.6) is 0 Å². The van der Waals surface area contributed by atoms with Gasteiger partial charge in [0.25, 0.3) is 5.91 Å². The minimum absolute atomic E-state index is 0.175. The summed E-state index contributed by atoms with van der Waals surface area (Å²) < 4.78 is 27.6. The Balaban J connectivity index is 1.75. The highest BCUT2D eigenvalue weighted by molar-refractivity contribution is 7.89. The zero-order valence-electron chi connectivity index (χ0n) is 16.1. The van der Waals surface area contributed by atoms with Gasteiger partial charge in [-0.1, -0.05) is 26.0 Å². The van der Waals surface area contributed by atoms with E-state index in [0.29, 0.717) is 25.2 Å². The fraction of sp³-hybridized carbons (Fsp3) is 0.300. The van der Waals surface area contributed by atoms with E-state index in [2.05, 4.69) is 4.98 Å². The van der Waals surface area contributed by atoms with Crippen LogP contribution >= 0.6 is 11.3 Å². The van der Waals surface area contributed by atoms with Crippen molar-refractivity contribution in [3.8, 4) is 0 Å². The van der Waals surface area contributed by atoms with Gasteiger partial charge in [0, 0.05) is 25.7 Å². The standard InChI is InChI=1S/C20H23N3O3S2/c1-4-23(5-2)28(25,26)16-12-10-15(11-13-16)20(24)22(3)14-19-21-17-8-6-7-9-18(17)27-19/h6-13H,4-5,14H2,1-3H3. The summed E-state index contributed by atoms with van der Waals surface area (Å²) in [5.41, 5.74) is 1.37. The van der Waals surface area contributed by atoms with Crippen molar-refractivity contribution in [2.45, 2.75) is 25.3 Å². The monoisotopic (exact) mass is 417 g/mol. The molecule has 8 heteroatoms. The van der Waals surface area contributed by atoms with Gasteiger partial charge < -0.3 is 4.90 Å². The van der Waals surface area contributed by atoms with Crippen LogP contribution in [-0.4, -0.2) is 48.7 Å². The van der Waals surface area contributed by atoms with Crippen molar-refractivity contribution in [3.05, 3.63) is 59.1 Å². The summed E-state index contributed by atoms with van der Waals surface area (Å²) >= 11 is 1.56. The van der Waals surface area contributed by atoms with Gasteiger partial charge >= 0.3 is 0 Å². The van der Waals surface area contributed by atoms with Crippen molar-refractivity contribution >= 4 is 37.5 Å². The normalized spacial score (nSPS) is 11.9. The second kappa shape index (κ2) is 8.38. The van der Waals surface area contributed by atoms with Crippen molar-refractivity contribution < 1.29 is 13.2 Å². The van der Waals surface area contributed by atoms with E-state index >= 15 is 0 Å². The topological polar surface area (TPSA) is 70.6 Å². The largest absolute Gasteiger partial charge is 0.335 e. The maximum atomic E-state index is 12.7. The third kappa shape index (κ3) is 4.09. The SMILES string of the molecule is CCN(CC)S(=O)(=O)c1ccc(C(=O)N(C)Cc2nc3ccccc3s2)cc1. The molecule has 0 aliphatic carbocycles. The van der Waals surface area contributed by atoms with Crippen molar-refractivity contribution in [2.24, 2.45) is 0 Å². The first-order valence-electron chi connectivity index (χ1n) is 9.07. The number of carbonyl (C=O) groups excluding carboxylic acids is 1. The second-order valence-electron chi connectivity index (χ2n) is 6.35. The molecule has 0 unspecified atom stereocenters. The Hall–Kier alpha value is -2.29. The van der Waals surface area contributed by atoms with Crippen LogP contribution in [0.25, 0.3) is 10.2 Å². The Bertz CT molecular complexity index is 1040. The third-order valence-electron chi connectivity index (χ3n) is 4.50. The molecule has 0 saturated heterocycles. The number of hydrogen-bond donors (Lipinski definition) is 0. The summed E-state index contributed by atoms with van der Waals surface area (Å²) in [6.07, 6.45) is 0. The van der Waals surface area contributed by atoms with Crippen LogP contribution in [0.2, 0.25) is 0 Å². The molecule has 2 aromatic carbocycles. The number of sulfonamides is 1. The molecule has 0 fully saturated rings. The highest BCUT2D eigenvalue weighted by Crippen LogP contribution is 2.23. The first kappa shape index (κ1) is 20.4. The van der Waals surface area contributed by atoms with Crippen molar-refractivity contribution in [3.63, 3.8) is 0 Å². The number of aromatic nitrogens is 1. The molecule has 0 N–H and O–H groups in total. The summed E-state index contributed by atoms with van der Waals surface area (Å²) in [4.78, 5) is 19.1. The highest BCUT2D eigenvalue weighted by atomic mass is 32.2. The Morgan fingerprint density at radius 1 is 1.04 bits per heavy atom. The number of benzene rings is 2. The molecular weight excluding hydrogens is 394 g/mol. The number of hydrogen-bond acceptors (Lipinski definition) is 5. The van der Waals surface area contributed by atoms with Crippen molar-refractivity contribution in [1.82, 2.24) is 14.2 Å². The summed E-state index contributed by atoms with van der Waals surface area (Å²) in [6.45, 7) is 4.82. The Morgan fingerprint density at radius 2 is 1.68 bits per heavy atom. The summed E-state index contributed by atoms with van der Waals surface area (Å²) in [5.74, 6) is -0.175. The lowest BCUT2D eigenvalue weighted by molar-refractivity contribution is 0.0785. The highest BCUT2D eigenvalue weighted by Gasteiger charge is 2.22. The molecule has 1 heterocycles. The zero-order chi connectivity index (χ0) is 20.3. The molecule has 3 rings (SSSR count). The lowest BCUT2D eigenvalue weighted by atomic mass is 10.2. The number of nitrogens with zero attached hydrogens (tertiary/aromatic N) is 3. The van der Waals surface area contributed by atoms with Crippen molar-refractivity contribution in [1.29, 1.82) is 0 Å². The lowest BCUT2D eigenvalue weighted by Crippen LogP contribution is -2.30. The zero-order valence-corrected chi connectivity index (χ0v) is 17.8. The number of carbonyl (C=O) groups is 1. The van der Waals surface area contributed by atoms with Gasteiger partial charge in [-0.3, -0.25) is 4.79 Å². The van der Waals surface area contributed by atoms with E-state index in [0.717, 1.165) is 15.2 Å². The summed E-state index contributed by atoms with van der Waals surface area (Å²) in [6, 6.07) is 14.0. The van der Waals surface area contributed by atoms with Gasteiger partial charge in [0.15, 0.2) is 0 Å². The molecule has 0 aliphatic heterocycles. The molecule has 0 aliphatic rings. The van der Waals surface area contributed by atoms with E-state index in [1.807, 2.05) is 24.3 Å². The fourth-order valence-electron chi connectivity index (χ4n) is 2.96. The maximum Gasteiger partial charge on any atom is 0.253 e. The van der Waals surface area contributed by atoms with Gasteiger partial charge in [0.2, 0.25) is 10.0 Å². The van der Waals surface area contributed by atoms with Gasteiger partial charge in [-0.15, -0.1) is 11.3 Å². The summed E-state index contributed by atoms with van der Waals surface area (Å²) in [5, 5.41) is 0.859. The second-order valence-corrected chi connectivity index (χ2v) is 9.40. The van der Waals surface area contributed by atoms with Crippen LogP contribution in [-0.2, 0) is 16.6 Å². The first-order valence-corrected chi connectivity index (χ1v) is 11.3. The molecule has 0 spiro atoms. The minimum atomic E-state index is -3.53. The molecule has 148 valence electrons. The van der Waals surface area contributed by atoms with Gasteiger partial charge in [-0.25, -0.2) is 13.4 Å². The quantitative estimate of drug-likeness (QED) is 0.589. The van der Waals surface area contributed by atoms with Crippen LogP contribution in [0, 0.1) is 0 Å².